The number of hydrogen-bond acceptors (Lipinski definition) is 4. The quantitative estimate of drug-likeness (QED) is 0.489. The first-order chi connectivity index (χ1) is 11.6. The molecule has 1 N–H and O–H groups in total. The van der Waals surface area contributed by atoms with Crippen LogP contribution in [-0.4, -0.2) is 44.9 Å². The SMILES string of the molecule is BC1(B)CC[C@@](B)(n2c(C)nc3ccc(C)cc3c2=O)C(=O)NC1=O. The lowest BCUT2D eigenvalue weighted by atomic mass is 9.51. The Bertz CT molecular complexity index is 970. The second-order valence-electron chi connectivity index (χ2n) is 7.76. The summed E-state index contributed by atoms with van der Waals surface area (Å²) in [5, 5.41) is 2.29. The molecule has 1 saturated heterocycles. The number of amides is 2. The van der Waals surface area contributed by atoms with Gasteiger partial charge in [0.2, 0.25) is 11.8 Å². The molecule has 2 amide bonds. The first-order valence-corrected chi connectivity index (χ1v) is 8.43. The number of imide groups is 1. The van der Waals surface area contributed by atoms with Gasteiger partial charge in [0.1, 0.15) is 29.4 Å². The Kier molecular flexibility index (Phi) is 3.93. The minimum Gasteiger partial charge on any atom is -0.296 e. The third-order valence-corrected chi connectivity index (χ3v) is 5.25. The molecule has 1 fully saturated rings. The van der Waals surface area contributed by atoms with Crippen molar-refractivity contribution in [1.29, 1.82) is 0 Å². The maximum absolute atomic E-state index is 13.2. The molecule has 6 nitrogen and oxygen atoms in total. The van der Waals surface area contributed by atoms with Gasteiger partial charge in [-0.3, -0.25) is 24.3 Å². The maximum atomic E-state index is 13.2. The zero-order chi connectivity index (χ0) is 18.6. The fraction of sp³-hybridized carbons (Fsp3) is 0.375. The summed E-state index contributed by atoms with van der Waals surface area (Å²) < 4.78 is 1.44. The van der Waals surface area contributed by atoms with Crippen molar-refractivity contribution in [3.8, 4) is 0 Å². The van der Waals surface area contributed by atoms with E-state index >= 15 is 0 Å². The van der Waals surface area contributed by atoms with Gasteiger partial charge in [-0.15, -0.1) is 0 Å². The van der Waals surface area contributed by atoms with Crippen molar-refractivity contribution in [3.05, 3.63) is 39.9 Å². The van der Waals surface area contributed by atoms with Crippen LogP contribution in [0.25, 0.3) is 10.9 Å². The fourth-order valence-corrected chi connectivity index (χ4v) is 3.39. The molecule has 0 unspecified atom stereocenters. The summed E-state index contributed by atoms with van der Waals surface area (Å²) in [5.74, 6) is -0.301. The Morgan fingerprint density at radius 1 is 1.08 bits per heavy atom. The third-order valence-electron chi connectivity index (χ3n) is 5.25. The van der Waals surface area contributed by atoms with E-state index in [2.05, 4.69) is 10.3 Å². The molecule has 1 atom stereocenters. The van der Waals surface area contributed by atoms with Crippen LogP contribution in [0.15, 0.2) is 23.0 Å². The van der Waals surface area contributed by atoms with E-state index in [1.807, 2.05) is 19.1 Å². The molecule has 2 heterocycles. The Hall–Kier alpha value is -2.31. The number of fused-ring (bicyclic) bond motifs is 1. The molecule has 0 saturated carbocycles. The molecule has 1 aliphatic heterocycles. The standard InChI is InChI=1S/C16H20B3N3O3/c1-8-3-4-11-10(7-8)12(23)22(9(2)20-11)16(19)6-5-15(17,18)13(24)21-14(16)25/h3-4,7H,5-6,17-19H2,1-2H3,(H,21,24,25)/t16-/m1/s1. The van der Waals surface area contributed by atoms with Gasteiger partial charge >= 0.3 is 0 Å². The highest BCUT2D eigenvalue weighted by molar-refractivity contribution is 6.52. The lowest BCUT2D eigenvalue weighted by Crippen LogP contribution is -2.54. The average Bonchev–Trinajstić information content (AvgIpc) is 2.60. The molecular formula is C16H20B3N3O3. The zero-order valence-electron chi connectivity index (χ0n) is 15.3. The van der Waals surface area contributed by atoms with Crippen molar-refractivity contribution in [2.24, 2.45) is 0 Å². The normalized spacial score (nSPS) is 23.3. The maximum Gasteiger partial charge on any atom is 0.261 e. The smallest absolute Gasteiger partial charge is 0.261 e. The largest absolute Gasteiger partial charge is 0.296 e. The number of aryl methyl sites for hydroxylation is 2. The van der Waals surface area contributed by atoms with E-state index in [1.165, 1.54) is 4.57 Å². The molecule has 0 aliphatic carbocycles. The van der Waals surface area contributed by atoms with Gasteiger partial charge in [-0.25, -0.2) is 4.98 Å². The van der Waals surface area contributed by atoms with E-state index in [0.717, 1.165) is 5.56 Å². The molecular weight excluding hydrogens is 315 g/mol. The van der Waals surface area contributed by atoms with Gasteiger partial charge in [0.15, 0.2) is 0 Å². The van der Waals surface area contributed by atoms with Crippen LogP contribution in [0.5, 0.6) is 0 Å². The predicted molar refractivity (Wildman–Crippen MR) is 104 cm³/mol. The van der Waals surface area contributed by atoms with Gasteiger partial charge in [0.05, 0.1) is 16.3 Å². The van der Waals surface area contributed by atoms with Crippen LogP contribution in [0.4, 0.5) is 0 Å². The molecule has 0 bridgehead atoms. The van der Waals surface area contributed by atoms with Crippen molar-refractivity contribution >= 4 is 46.3 Å². The Morgan fingerprint density at radius 2 is 1.76 bits per heavy atom. The van der Waals surface area contributed by atoms with Crippen molar-refractivity contribution in [2.45, 2.75) is 37.3 Å². The Labute approximate surface area is 148 Å². The summed E-state index contributed by atoms with van der Waals surface area (Å²) >= 11 is 0. The number of rotatable bonds is 1. The van der Waals surface area contributed by atoms with Crippen LogP contribution >= 0.6 is 0 Å². The summed E-state index contributed by atoms with van der Waals surface area (Å²) in [6.07, 6.45) is 0.885. The first kappa shape index (κ1) is 17.5. The van der Waals surface area contributed by atoms with Crippen molar-refractivity contribution < 1.29 is 9.59 Å². The van der Waals surface area contributed by atoms with E-state index in [-0.39, 0.29) is 11.5 Å². The topological polar surface area (TPSA) is 81.1 Å². The number of nitrogens with one attached hydrogen (secondary N) is 1. The molecule has 0 spiro atoms. The average molecular weight is 335 g/mol. The van der Waals surface area contributed by atoms with Gasteiger partial charge in [-0.1, -0.05) is 18.1 Å². The third kappa shape index (κ3) is 2.71. The van der Waals surface area contributed by atoms with E-state index in [1.54, 1.807) is 36.5 Å². The van der Waals surface area contributed by atoms with Crippen molar-refractivity contribution in [1.82, 2.24) is 14.9 Å². The molecule has 126 valence electrons. The summed E-state index contributed by atoms with van der Waals surface area (Å²) in [6, 6.07) is 5.50. The van der Waals surface area contributed by atoms with Crippen LogP contribution in [0.1, 0.15) is 24.2 Å². The van der Waals surface area contributed by atoms with Gasteiger partial charge in [0, 0.05) is 0 Å². The fourth-order valence-electron chi connectivity index (χ4n) is 3.39. The molecule has 25 heavy (non-hydrogen) atoms. The van der Waals surface area contributed by atoms with Crippen LogP contribution in [-0.2, 0) is 15.0 Å². The summed E-state index contributed by atoms with van der Waals surface area (Å²) in [7, 11) is 5.31. The van der Waals surface area contributed by atoms with Gasteiger partial charge in [-0.2, -0.15) is 0 Å². The van der Waals surface area contributed by atoms with E-state index < -0.39 is 16.6 Å². The monoisotopic (exact) mass is 335 g/mol. The van der Waals surface area contributed by atoms with Gasteiger partial charge in [-0.05, 0) is 37.6 Å². The zero-order valence-corrected chi connectivity index (χ0v) is 15.3. The Morgan fingerprint density at radius 3 is 2.44 bits per heavy atom. The number of hydrogen-bond donors (Lipinski definition) is 1. The number of nitrogens with zero attached hydrogens (tertiary/aromatic N) is 2. The van der Waals surface area contributed by atoms with Gasteiger partial charge < -0.3 is 0 Å². The first-order valence-electron chi connectivity index (χ1n) is 8.43. The molecule has 1 aliphatic rings. The van der Waals surface area contributed by atoms with E-state index in [0.29, 0.717) is 29.6 Å². The molecule has 0 radical (unpaired) electrons. The van der Waals surface area contributed by atoms with Crippen LogP contribution in [0.3, 0.4) is 0 Å². The number of carbonyl (C=O) groups excluding carboxylic acids is 2. The highest BCUT2D eigenvalue weighted by Crippen LogP contribution is 2.33. The van der Waals surface area contributed by atoms with E-state index in [9.17, 15) is 14.4 Å². The van der Waals surface area contributed by atoms with E-state index in [4.69, 9.17) is 0 Å². The summed E-state index contributed by atoms with van der Waals surface area (Å²) in [6.45, 7) is 3.63. The van der Waals surface area contributed by atoms with Gasteiger partial charge in [0.25, 0.3) is 5.56 Å². The van der Waals surface area contributed by atoms with Crippen molar-refractivity contribution in [3.63, 3.8) is 0 Å². The second-order valence-corrected chi connectivity index (χ2v) is 7.76. The number of benzene rings is 1. The summed E-state index contributed by atoms with van der Waals surface area (Å²) in [5.41, 5.74) is 0.151. The predicted octanol–water partition coefficient (Wildman–Crippen LogP) is -1.88. The molecule has 2 aromatic rings. The molecule has 1 aromatic carbocycles. The van der Waals surface area contributed by atoms with Crippen LogP contribution < -0.4 is 10.9 Å². The highest BCUT2D eigenvalue weighted by atomic mass is 16.2. The number of carbonyl (C=O) groups is 2. The molecule has 1 aromatic heterocycles. The van der Waals surface area contributed by atoms with Crippen molar-refractivity contribution in [2.75, 3.05) is 0 Å². The lowest BCUT2D eigenvalue weighted by molar-refractivity contribution is -0.132. The van der Waals surface area contributed by atoms with Crippen LogP contribution in [0.2, 0.25) is 5.21 Å². The minimum absolute atomic E-state index is 0.254. The second kappa shape index (κ2) is 5.61. The highest BCUT2D eigenvalue weighted by Gasteiger charge is 2.45. The number of aromatic nitrogens is 2. The summed E-state index contributed by atoms with van der Waals surface area (Å²) in [4.78, 5) is 42.8. The molecule has 3 rings (SSSR count). The Balaban J connectivity index is 2.25. The van der Waals surface area contributed by atoms with Crippen LogP contribution in [0, 0.1) is 13.8 Å². The minimum atomic E-state index is -1.16. The lowest BCUT2D eigenvalue weighted by Gasteiger charge is -2.30. The molecule has 9 heteroatoms.